The molecule has 0 N–H and O–H groups in total. The van der Waals surface area contributed by atoms with Gasteiger partial charge in [-0.25, -0.2) is 4.98 Å². The summed E-state index contributed by atoms with van der Waals surface area (Å²) in [5, 5.41) is 0. The van der Waals surface area contributed by atoms with Gasteiger partial charge in [0.1, 0.15) is 5.75 Å². The molecule has 0 radical (unpaired) electrons. The van der Waals surface area contributed by atoms with Crippen LogP contribution in [0.15, 0.2) is 22.6 Å². The Morgan fingerprint density at radius 1 is 1.36 bits per heavy atom. The summed E-state index contributed by atoms with van der Waals surface area (Å²) >= 11 is 0. The Kier molecular flexibility index (Phi) is 4.02. The van der Waals surface area contributed by atoms with E-state index in [1.54, 1.807) is 7.11 Å². The maximum absolute atomic E-state index is 13.0. The van der Waals surface area contributed by atoms with Gasteiger partial charge in [0.2, 0.25) is 5.76 Å². The standard InChI is InChI=1S/C20H24N2O3/c1-12-11-22(9-8-14-6-7-16(24-3)10-17(12)14)20(23)18-13(2)21-19(25-18)15-4-5-15/h6-7,10,12,15H,4-5,8-9,11H2,1-3H3. The lowest BCUT2D eigenvalue weighted by molar-refractivity contribution is 0.0719. The zero-order valence-corrected chi connectivity index (χ0v) is 15.0. The highest BCUT2D eigenvalue weighted by Crippen LogP contribution is 2.40. The Hall–Kier alpha value is -2.30. The third-order valence-corrected chi connectivity index (χ3v) is 5.25. The monoisotopic (exact) mass is 340 g/mol. The maximum Gasteiger partial charge on any atom is 0.291 e. The van der Waals surface area contributed by atoms with E-state index >= 15 is 0 Å². The van der Waals surface area contributed by atoms with Crippen molar-refractivity contribution in [2.24, 2.45) is 0 Å². The first-order valence-corrected chi connectivity index (χ1v) is 9.00. The van der Waals surface area contributed by atoms with Crippen molar-refractivity contribution in [2.45, 2.75) is 44.9 Å². The summed E-state index contributed by atoms with van der Waals surface area (Å²) in [4.78, 5) is 19.4. The Morgan fingerprint density at radius 2 is 2.16 bits per heavy atom. The number of rotatable bonds is 3. The van der Waals surface area contributed by atoms with Crippen LogP contribution in [0.3, 0.4) is 0 Å². The van der Waals surface area contributed by atoms with Gasteiger partial charge in [0.25, 0.3) is 5.91 Å². The number of nitrogens with zero attached hydrogens (tertiary/aromatic N) is 2. The topological polar surface area (TPSA) is 55.6 Å². The van der Waals surface area contributed by atoms with Crippen LogP contribution in [0.4, 0.5) is 0 Å². The molecule has 132 valence electrons. The molecule has 5 heteroatoms. The summed E-state index contributed by atoms with van der Waals surface area (Å²) in [6, 6.07) is 6.20. The van der Waals surface area contributed by atoms with E-state index in [2.05, 4.69) is 24.0 Å². The molecule has 1 atom stereocenters. The van der Waals surface area contributed by atoms with Gasteiger partial charge in [-0.15, -0.1) is 0 Å². The molecule has 25 heavy (non-hydrogen) atoms. The second-order valence-electron chi connectivity index (χ2n) is 7.21. The summed E-state index contributed by atoms with van der Waals surface area (Å²) in [5.41, 5.74) is 3.27. The summed E-state index contributed by atoms with van der Waals surface area (Å²) in [6.45, 7) is 5.40. The average Bonchev–Trinajstić information content (AvgIpc) is 3.41. The van der Waals surface area contributed by atoms with Crippen molar-refractivity contribution in [2.75, 3.05) is 20.2 Å². The minimum Gasteiger partial charge on any atom is -0.497 e. The lowest BCUT2D eigenvalue weighted by Gasteiger charge is -2.22. The number of hydrogen-bond donors (Lipinski definition) is 0. The largest absolute Gasteiger partial charge is 0.497 e. The van der Waals surface area contributed by atoms with Gasteiger partial charge in [-0.2, -0.15) is 0 Å². The van der Waals surface area contributed by atoms with Crippen molar-refractivity contribution in [1.29, 1.82) is 0 Å². The van der Waals surface area contributed by atoms with Gasteiger partial charge in [0.15, 0.2) is 5.89 Å². The van der Waals surface area contributed by atoms with Crippen LogP contribution in [0.25, 0.3) is 0 Å². The van der Waals surface area contributed by atoms with Crippen LogP contribution >= 0.6 is 0 Å². The van der Waals surface area contributed by atoms with Crippen molar-refractivity contribution >= 4 is 5.91 Å². The van der Waals surface area contributed by atoms with Crippen molar-refractivity contribution < 1.29 is 13.9 Å². The Morgan fingerprint density at radius 3 is 2.88 bits per heavy atom. The number of hydrogen-bond acceptors (Lipinski definition) is 4. The molecule has 5 nitrogen and oxygen atoms in total. The van der Waals surface area contributed by atoms with Gasteiger partial charge in [0.05, 0.1) is 12.8 Å². The van der Waals surface area contributed by atoms with E-state index < -0.39 is 0 Å². The minimum atomic E-state index is -0.0384. The van der Waals surface area contributed by atoms with Crippen LogP contribution in [-0.2, 0) is 6.42 Å². The number of carbonyl (C=O) groups excluding carboxylic acids is 1. The molecule has 0 bridgehead atoms. The van der Waals surface area contributed by atoms with E-state index in [-0.39, 0.29) is 11.8 Å². The quantitative estimate of drug-likeness (QED) is 0.855. The lowest BCUT2D eigenvalue weighted by atomic mass is 9.95. The molecule has 2 heterocycles. The molecule has 0 saturated heterocycles. The summed E-state index contributed by atoms with van der Waals surface area (Å²) in [6.07, 6.45) is 3.08. The third-order valence-electron chi connectivity index (χ3n) is 5.25. The first-order chi connectivity index (χ1) is 12.1. The fraction of sp³-hybridized carbons (Fsp3) is 0.500. The van der Waals surface area contributed by atoms with Gasteiger partial charge in [-0.1, -0.05) is 13.0 Å². The van der Waals surface area contributed by atoms with Crippen LogP contribution in [0.1, 0.15) is 64.9 Å². The molecule has 2 aromatic rings. The van der Waals surface area contributed by atoms with E-state index in [1.165, 1.54) is 11.1 Å². The Labute approximate surface area is 148 Å². The molecule has 1 unspecified atom stereocenters. The fourth-order valence-corrected chi connectivity index (χ4v) is 3.61. The minimum absolute atomic E-state index is 0.0384. The number of amides is 1. The molecule has 4 rings (SSSR count). The highest BCUT2D eigenvalue weighted by molar-refractivity contribution is 5.92. The van der Waals surface area contributed by atoms with E-state index in [9.17, 15) is 4.79 Å². The molecular weight excluding hydrogens is 316 g/mol. The number of methoxy groups -OCH3 is 1. The highest BCUT2D eigenvalue weighted by Gasteiger charge is 2.33. The van der Waals surface area contributed by atoms with Gasteiger partial charge < -0.3 is 14.1 Å². The Balaban J connectivity index is 1.57. The van der Waals surface area contributed by atoms with Gasteiger partial charge in [-0.3, -0.25) is 4.79 Å². The number of oxazole rings is 1. The van der Waals surface area contributed by atoms with E-state index in [1.807, 2.05) is 17.9 Å². The van der Waals surface area contributed by atoms with Crippen LogP contribution in [0.2, 0.25) is 0 Å². The second-order valence-corrected chi connectivity index (χ2v) is 7.21. The zero-order valence-electron chi connectivity index (χ0n) is 15.0. The number of fused-ring (bicyclic) bond motifs is 1. The van der Waals surface area contributed by atoms with Crippen molar-refractivity contribution in [3.8, 4) is 5.75 Å². The molecule has 1 aromatic carbocycles. The lowest BCUT2D eigenvalue weighted by Crippen LogP contribution is -2.34. The average molecular weight is 340 g/mol. The molecule has 1 fully saturated rings. The number of aromatic nitrogens is 1. The first-order valence-electron chi connectivity index (χ1n) is 9.00. The van der Waals surface area contributed by atoms with Crippen LogP contribution in [-0.4, -0.2) is 36.0 Å². The third kappa shape index (κ3) is 3.03. The molecule has 1 saturated carbocycles. The summed E-state index contributed by atoms with van der Waals surface area (Å²) < 4.78 is 11.2. The van der Waals surface area contributed by atoms with Crippen LogP contribution in [0.5, 0.6) is 5.75 Å². The molecule has 1 amide bonds. The SMILES string of the molecule is COc1ccc2c(c1)C(C)CN(C(=O)c1oc(C3CC3)nc1C)CC2. The number of ether oxygens (including phenoxy) is 1. The van der Waals surface area contributed by atoms with Crippen LogP contribution < -0.4 is 4.74 Å². The number of carbonyl (C=O) groups is 1. The molecule has 1 aliphatic heterocycles. The molecule has 1 aromatic heterocycles. The normalized spacial score (nSPS) is 20.1. The fourth-order valence-electron chi connectivity index (χ4n) is 3.61. The summed E-state index contributed by atoms with van der Waals surface area (Å²) in [7, 11) is 1.68. The predicted molar refractivity (Wildman–Crippen MR) is 94.2 cm³/mol. The zero-order chi connectivity index (χ0) is 17.6. The van der Waals surface area contributed by atoms with Crippen molar-refractivity contribution in [3.05, 3.63) is 46.7 Å². The van der Waals surface area contributed by atoms with Gasteiger partial charge in [-0.05, 0) is 55.4 Å². The van der Waals surface area contributed by atoms with E-state index in [0.29, 0.717) is 30.5 Å². The van der Waals surface area contributed by atoms with E-state index in [0.717, 1.165) is 30.9 Å². The molecule has 1 aliphatic carbocycles. The smallest absolute Gasteiger partial charge is 0.291 e. The maximum atomic E-state index is 13.0. The predicted octanol–water partition coefficient (Wildman–Crippen LogP) is 3.67. The first kappa shape index (κ1) is 16.2. The molecule has 2 aliphatic rings. The van der Waals surface area contributed by atoms with E-state index in [4.69, 9.17) is 9.15 Å². The number of benzene rings is 1. The van der Waals surface area contributed by atoms with Crippen molar-refractivity contribution in [1.82, 2.24) is 9.88 Å². The van der Waals surface area contributed by atoms with Gasteiger partial charge in [0, 0.05) is 19.0 Å². The molecular formula is C20H24N2O3. The second kappa shape index (κ2) is 6.21. The van der Waals surface area contributed by atoms with Crippen molar-refractivity contribution in [3.63, 3.8) is 0 Å². The van der Waals surface area contributed by atoms with Crippen LogP contribution in [0, 0.1) is 6.92 Å². The molecule has 0 spiro atoms. The summed E-state index contributed by atoms with van der Waals surface area (Å²) in [5.74, 6) is 2.64. The van der Waals surface area contributed by atoms with Gasteiger partial charge >= 0.3 is 0 Å². The highest BCUT2D eigenvalue weighted by atomic mass is 16.5. The number of aryl methyl sites for hydroxylation is 1. The Bertz CT molecular complexity index is 807.